The lowest BCUT2D eigenvalue weighted by Gasteiger charge is -2.32. The Balaban J connectivity index is 3.16. The smallest absolute Gasteiger partial charge is 0.396 e. The molecule has 0 radical (unpaired) electrons. The molecule has 0 bridgehead atoms. The van der Waals surface area contributed by atoms with Gasteiger partial charge >= 0.3 is 6.18 Å². The summed E-state index contributed by atoms with van der Waals surface area (Å²) in [4.78, 5) is 5.06. The van der Waals surface area contributed by atoms with Crippen LogP contribution in [0.25, 0.3) is 0 Å². The zero-order valence-electron chi connectivity index (χ0n) is 12.3. The number of methoxy groups -OCH3 is 2. The molecule has 1 atom stereocenters. The van der Waals surface area contributed by atoms with Gasteiger partial charge in [0.1, 0.15) is 5.69 Å². The molecule has 1 heterocycles. The third kappa shape index (κ3) is 4.75. The van der Waals surface area contributed by atoms with Crippen LogP contribution in [0.2, 0.25) is 0 Å². The van der Waals surface area contributed by atoms with Crippen LogP contribution in [0, 0.1) is 0 Å². The van der Waals surface area contributed by atoms with Crippen LogP contribution >= 0.6 is 0 Å². The van der Waals surface area contributed by atoms with Crippen molar-refractivity contribution in [1.82, 2.24) is 4.98 Å². The lowest BCUT2D eigenvalue weighted by Crippen LogP contribution is -2.39. The molecule has 2 N–H and O–H groups in total. The monoisotopic (exact) mass is 307 g/mol. The van der Waals surface area contributed by atoms with Crippen LogP contribution in [0.3, 0.4) is 0 Å². The lowest BCUT2D eigenvalue weighted by atomic mass is 10.2. The van der Waals surface area contributed by atoms with Crippen LogP contribution in [0.5, 0.6) is 0 Å². The molecule has 5 nitrogen and oxygen atoms in total. The number of alkyl halides is 3. The molecule has 0 aliphatic rings. The van der Waals surface area contributed by atoms with Gasteiger partial charge in [-0.3, -0.25) is 0 Å². The van der Waals surface area contributed by atoms with Gasteiger partial charge in [-0.2, -0.15) is 13.2 Å². The molecule has 21 heavy (non-hydrogen) atoms. The molecule has 120 valence electrons. The number of hydrogen-bond donors (Lipinski definition) is 1. The van der Waals surface area contributed by atoms with E-state index in [1.54, 1.807) is 4.90 Å². The van der Waals surface area contributed by atoms with Crippen molar-refractivity contribution < 1.29 is 22.6 Å². The van der Waals surface area contributed by atoms with Crippen molar-refractivity contribution in [3.05, 3.63) is 18.0 Å². The van der Waals surface area contributed by atoms with Crippen molar-refractivity contribution in [1.29, 1.82) is 0 Å². The van der Waals surface area contributed by atoms with Gasteiger partial charge in [-0.1, -0.05) is 0 Å². The fourth-order valence-corrected chi connectivity index (χ4v) is 1.96. The maximum absolute atomic E-state index is 12.8. The molecular formula is C13H20F3N3O2. The molecular weight excluding hydrogens is 287 g/mol. The standard InChI is InChI=1S/C13H20F3N3O2/c1-9(8-21-3)19(4-5-20-2)11-6-12(13(14,15)16)18-7-10(11)17/h6-7,9H,4-5,8,17H2,1-3H3. The average molecular weight is 307 g/mol. The second kappa shape index (κ2) is 7.46. The van der Waals surface area contributed by atoms with E-state index >= 15 is 0 Å². The first kappa shape index (κ1) is 17.5. The Bertz CT molecular complexity index is 455. The zero-order chi connectivity index (χ0) is 16.0. The number of rotatable bonds is 7. The number of aromatic nitrogens is 1. The van der Waals surface area contributed by atoms with Crippen molar-refractivity contribution in [3.63, 3.8) is 0 Å². The molecule has 0 fully saturated rings. The summed E-state index contributed by atoms with van der Waals surface area (Å²) < 4.78 is 48.4. The van der Waals surface area contributed by atoms with E-state index in [1.807, 2.05) is 6.92 Å². The highest BCUT2D eigenvalue weighted by Gasteiger charge is 2.33. The number of hydrogen-bond acceptors (Lipinski definition) is 5. The molecule has 1 aromatic rings. The second-order valence-corrected chi connectivity index (χ2v) is 4.62. The Hall–Kier alpha value is -1.54. The van der Waals surface area contributed by atoms with Crippen LogP contribution in [0.1, 0.15) is 12.6 Å². The Morgan fingerprint density at radius 2 is 2.00 bits per heavy atom. The third-order valence-corrected chi connectivity index (χ3v) is 2.99. The Labute approximate surface area is 121 Å². The van der Waals surface area contributed by atoms with E-state index < -0.39 is 11.9 Å². The van der Waals surface area contributed by atoms with Gasteiger partial charge in [-0.05, 0) is 13.0 Å². The molecule has 0 spiro atoms. The Kier molecular flexibility index (Phi) is 6.22. The molecule has 0 saturated heterocycles. The van der Waals surface area contributed by atoms with E-state index in [4.69, 9.17) is 15.2 Å². The average Bonchev–Trinajstić information content (AvgIpc) is 2.40. The first-order valence-electron chi connectivity index (χ1n) is 6.38. The number of anilines is 2. The topological polar surface area (TPSA) is 60.6 Å². The summed E-state index contributed by atoms with van der Waals surface area (Å²) in [6.07, 6.45) is -3.49. The number of ether oxygens (including phenoxy) is 2. The Morgan fingerprint density at radius 3 is 2.52 bits per heavy atom. The van der Waals surface area contributed by atoms with Gasteiger partial charge in [0.15, 0.2) is 0 Å². The van der Waals surface area contributed by atoms with Gasteiger partial charge in [0.2, 0.25) is 0 Å². The minimum Gasteiger partial charge on any atom is -0.396 e. The van der Waals surface area contributed by atoms with Crippen molar-refractivity contribution in [2.24, 2.45) is 0 Å². The normalized spacial score (nSPS) is 13.2. The minimum atomic E-state index is -4.51. The molecule has 1 rings (SSSR count). The van der Waals surface area contributed by atoms with E-state index in [9.17, 15) is 13.2 Å². The third-order valence-electron chi connectivity index (χ3n) is 2.99. The van der Waals surface area contributed by atoms with Gasteiger partial charge in [0, 0.05) is 26.8 Å². The van der Waals surface area contributed by atoms with E-state index in [0.717, 1.165) is 12.3 Å². The summed E-state index contributed by atoms with van der Waals surface area (Å²) in [5.41, 5.74) is 5.27. The maximum Gasteiger partial charge on any atom is 0.433 e. The first-order chi connectivity index (χ1) is 9.81. The fourth-order valence-electron chi connectivity index (χ4n) is 1.96. The van der Waals surface area contributed by atoms with Crippen LogP contribution in [0.15, 0.2) is 12.3 Å². The minimum absolute atomic E-state index is 0.157. The van der Waals surface area contributed by atoms with Crippen molar-refractivity contribution in [2.75, 3.05) is 44.6 Å². The summed E-state index contributed by atoms with van der Waals surface area (Å²) in [6.45, 7) is 2.95. The van der Waals surface area contributed by atoms with Crippen LogP contribution in [0.4, 0.5) is 24.5 Å². The quantitative estimate of drug-likeness (QED) is 0.836. The van der Waals surface area contributed by atoms with Gasteiger partial charge < -0.3 is 20.1 Å². The fraction of sp³-hybridized carbons (Fsp3) is 0.615. The van der Waals surface area contributed by atoms with E-state index in [0.29, 0.717) is 19.8 Å². The van der Waals surface area contributed by atoms with Gasteiger partial charge in [-0.15, -0.1) is 0 Å². The summed E-state index contributed by atoms with van der Waals surface area (Å²) in [7, 11) is 3.05. The largest absolute Gasteiger partial charge is 0.433 e. The van der Waals surface area contributed by atoms with Crippen molar-refractivity contribution >= 4 is 11.4 Å². The highest BCUT2D eigenvalue weighted by atomic mass is 19.4. The second-order valence-electron chi connectivity index (χ2n) is 4.62. The number of nitrogens with two attached hydrogens (primary N) is 1. The molecule has 8 heteroatoms. The lowest BCUT2D eigenvalue weighted by molar-refractivity contribution is -0.141. The molecule has 0 saturated carbocycles. The zero-order valence-corrected chi connectivity index (χ0v) is 12.3. The number of nitrogen functional groups attached to an aromatic ring is 1. The number of pyridine rings is 1. The summed E-state index contributed by atoms with van der Waals surface area (Å²) in [5.74, 6) is 0. The van der Waals surface area contributed by atoms with Gasteiger partial charge in [0.05, 0.1) is 30.8 Å². The summed E-state index contributed by atoms with van der Waals surface area (Å²) in [5, 5.41) is 0. The first-order valence-corrected chi connectivity index (χ1v) is 6.38. The maximum atomic E-state index is 12.8. The predicted octanol–water partition coefficient (Wildman–Crippen LogP) is 2.17. The molecule has 1 aromatic heterocycles. The van der Waals surface area contributed by atoms with Gasteiger partial charge in [-0.25, -0.2) is 4.98 Å². The van der Waals surface area contributed by atoms with E-state index in [-0.39, 0.29) is 17.4 Å². The van der Waals surface area contributed by atoms with E-state index in [2.05, 4.69) is 4.98 Å². The van der Waals surface area contributed by atoms with E-state index in [1.165, 1.54) is 14.2 Å². The number of nitrogens with zero attached hydrogens (tertiary/aromatic N) is 2. The Morgan fingerprint density at radius 1 is 1.33 bits per heavy atom. The SMILES string of the molecule is COCCN(c1cc(C(F)(F)F)ncc1N)C(C)COC. The predicted molar refractivity (Wildman–Crippen MR) is 74.2 cm³/mol. The molecule has 0 aromatic carbocycles. The van der Waals surface area contributed by atoms with Crippen LogP contribution < -0.4 is 10.6 Å². The van der Waals surface area contributed by atoms with Crippen LogP contribution in [-0.4, -0.2) is 45.0 Å². The number of halogens is 3. The van der Waals surface area contributed by atoms with Crippen LogP contribution in [-0.2, 0) is 15.7 Å². The molecule has 1 unspecified atom stereocenters. The summed E-state index contributed by atoms with van der Waals surface area (Å²) >= 11 is 0. The van der Waals surface area contributed by atoms with Gasteiger partial charge in [0.25, 0.3) is 0 Å². The molecule has 0 amide bonds. The highest BCUT2D eigenvalue weighted by Crippen LogP contribution is 2.33. The van der Waals surface area contributed by atoms with Crippen molar-refractivity contribution in [3.8, 4) is 0 Å². The highest BCUT2D eigenvalue weighted by molar-refractivity contribution is 5.67. The molecule has 0 aliphatic carbocycles. The summed E-state index contributed by atoms with van der Waals surface area (Å²) in [6, 6.07) is 0.799. The molecule has 0 aliphatic heterocycles. The van der Waals surface area contributed by atoms with Crippen molar-refractivity contribution in [2.45, 2.75) is 19.1 Å².